The van der Waals surface area contributed by atoms with E-state index in [1.54, 1.807) is 24.4 Å². The molecule has 2 rings (SSSR count). The van der Waals surface area contributed by atoms with E-state index >= 15 is 0 Å². The van der Waals surface area contributed by atoms with Crippen molar-refractivity contribution in [3.05, 3.63) is 47.1 Å². The van der Waals surface area contributed by atoms with E-state index in [2.05, 4.69) is 4.98 Å². The van der Waals surface area contributed by atoms with Crippen LogP contribution in [0.5, 0.6) is 0 Å². The van der Waals surface area contributed by atoms with Gasteiger partial charge < -0.3 is 10.8 Å². The van der Waals surface area contributed by atoms with Gasteiger partial charge in [-0.2, -0.15) is 0 Å². The molecule has 1 aromatic heterocycles. The Kier molecular flexibility index (Phi) is 3.08. The first-order valence-corrected chi connectivity index (χ1v) is 5.20. The molecule has 0 atom stereocenters. The molecule has 0 aliphatic heterocycles. The molecule has 0 radical (unpaired) electrons. The van der Waals surface area contributed by atoms with Crippen molar-refractivity contribution in [1.29, 1.82) is 0 Å². The van der Waals surface area contributed by atoms with Crippen LogP contribution >= 0.6 is 11.6 Å². The van der Waals surface area contributed by atoms with E-state index in [0.717, 1.165) is 5.56 Å². The summed E-state index contributed by atoms with van der Waals surface area (Å²) in [4.78, 5) is 4.23. The van der Waals surface area contributed by atoms with Crippen molar-refractivity contribution in [1.82, 2.24) is 4.98 Å². The highest BCUT2D eigenvalue weighted by Crippen LogP contribution is 2.26. The van der Waals surface area contributed by atoms with Crippen molar-refractivity contribution in [2.75, 3.05) is 5.73 Å². The van der Waals surface area contributed by atoms with Crippen LogP contribution in [0.25, 0.3) is 11.3 Å². The van der Waals surface area contributed by atoms with Gasteiger partial charge in [0.25, 0.3) is 0 Å². The van der Waals surface area contributed by atoms with Crippen molar-refractivity contribution >= 4 is 17.3 Å². The van der Waals surface area contributed by atoms with Gasteiger partial charge in [0, 0.05) is 28.0 Å². The number of benzene rings is 1. The average molecular weight is 235 g/mol. The first kappa shape index (κ1) is 10.9. The Morgan fingerprint density at radius 3 is 2.50 bits per heavy atom. The van der Waals surface area contributed by atoms with E-state index in [1.807, 2.05) is 12.1 Å². The van der Waals surface area contributed by atoms with E-state index in [4.69, 9.17) is 17.3 Å². The fraction of sp³-hybridized carbons (Fsp3) is 0.0833. The van der Waals surface area contributed by atoms with Gasteiger partial charge in [0.15, 0.2) is 0 Å². The molecule has 0 unspecified atom stereocenters. The van der Waals surface area contributed by atoms with Gasteiger partial charge in [0.2, 0.25) is 0 Å². The molecular weight excluding hydrogens is 224 g/mol. The second kappa shape index (κ2) is 4.51. The molecule has 3 nitrogen and oxygen atoms in total. The summed E-state index contributed by atoms with van der Waals surface area (Å²) in [5.74, 6) is 0. The lowest BCUT2D eigenvalue weighted by Gasteiger charge is -2.08. The van der Waals surface area contributed by atoms with Crippen LogP contribution in [-0.2, 0) is 6.61 Å². The van der Waals surface area contributed by atoms with Crippen molar-refractivity contribution < 1.29 is 5.11 Å². The third-order valence-electron chi connectivity index (χ3n) is 2.37. The maximum Gasteiger partial charge on any atom is 0.0777 e. The third kappa shape index (κ3) is 2.01. The number of aromatic nitrogens is 1. The molecule has 1 aromatic carbocycles. The smallest absolute Gasteiger partial charge is 0.0777 e. The molecule has 0 amide bonds. The number of nitrogens with zero attached hydrogens (tertiary/aromatic N) is 1. The molecule has 82 valence electrons. The maximum absolute atomic E-state index is 9.27. The number of pyridine rings is 1. The minimum absolute atomic E-state index is 0.127. The Morgan fingerprint density at radius 1 is 1.19 bits per heavy atom. The molecule has 0 fully saturated rings. The van der Waals surface area contributed by atoms with E-state index in [1.165, 1.54) is 0 Å². The highest BCUT2D eigenvalue weighted by atomic mass is 35.5. The minimum Gasteiger partial charge on any atom is -0.398 e. The third-order valence-corrected chi connectivity index (χ3v) is 2.62. The maximum atomic E-state index is 9.27. The Hall–Kier alpha value is -1.58. The average Bonchev–Trinajstić information content (AvgIpc) is 2.30. The van der Waals surface area contributed by atoms with Gasteiger partial charge in [-0.1, -0.05) is 23.7 Å². The summed E-state index contributed by atoms with van der Waals surface area (Å²) in [6.45, 7) is -0.127. The van der Waals surface area contributed by atoms with E-state index in [9.17, 15) is 5.11 Å². The fourth-order valence-corrected chi connectivity index (χ4v) is 1.66. The molecule has 3 N–H and O–H groups in total. The Morgan fingerprint density at radius 2 is 1.88 bits per heavy atom. The summed E-state index contributed by atoms with van der Waals surface area (Å²) in [6, 6.07) is 8.93. The number of nitrogen functional groups attached to an aromatic ring is 1. The number of anilines is 1. The van der Waals surface area contributed by atoms with E-state index in [0.29, 0.717) is 22.0 Å². The van der Waals surface area contributed by atoms with Crippen molar-refractivity contribution in [2.24, 2.45) is 0 Å². The normalized spacial score (nSPS) is 10.4. The summed E-state index contributed by atoms with van der Waals surface area (Å²) in [6.07, 6.45) is 1.62. The van der Waals surface area contributed by atoms with Crippen LogP contribution < -0.4 is 5.73 Å². The van der Waals surface area contributed by atoms with Crippen LogP contribution in [0.1, 0.15) is 5.56 Å². The number of aliphatic hydroxyl groups is 1. The summed E-state index contributed by atoms with van der Waals surface area (Å²) >= 11 is 5.81. The minimum atomic E-state index is -0.127. The summed E-state index contributed by atoms with van der Waals surface area (Å²) in [5, 5.41) is 9.93. The number of aliphatic hydroxyl groups excluding tert-OH is 1. The van der Waals surface area contributed by atoms with Gasteiger partial charge in [-0.25, -0.2) is 0 Å². The van der Waals surface area contributed by atoms with Crippen LogP contribution in [0.4, 0.5) is 5.69 Å². The molecule has 0 bridgehead atoms. The van der Waals surface area contributed by atoms with E-state index in [-0.39, 0.29) is 6.61 Å². The second-order valence-electron chi connectivity index (χ2n) is 3.39. The van der Waals surface area contributed by atoms with Crippen molar-refractivity contribution in [3.8, 4) is 11.3 Å². The summed E-state index contributed by atoms with van der Waals surface area (Å²) in [7, 11) is 0. The number of hydrogen-bond donors (Lipinski definition) is 2. The van der Waals surface area contributed by atoms with Crippen LogP contribution in [0.2, 0.25) is 5.02 Å². The van der Waals surface area contributed by atoms with Crippen LogP contribution in [0, 0.1) is 0 Å². The first-order valence-electron chi connectivity index (χ1n) is 4.82. The summed E-state index contributed by atoms with van der Waals surface area (Å²) in [5.41, 5.74) is 8.54. The molecule has 0 saturated heterocycles. The molecule has 0 aliphatic rings. The van der Waals surface area contributed by atoms with Crippen molar-refractivity contribution in [2.45, 2.75) is 6.61 Å². The SMILES string of the molecule is Nc1ccnc(-c2ccc(Cl)cc2)c1CO. The van der Waals surface area contributed by atoms with Gasteiger partial charge in [-0.05, 0) is 18.2 Å². The van der Waals surface area contributed by atoms with Gasteiger partial charge in [0.1, 0.15) is 0 Å². The molecule has 0 aliphatic carbocycles. The van der Waals surface area contributed by atoms with Crippen molar-refractivity contribution in [3.63, 3.8) is 0 Å². The van der Waals surface area contributed by atoms with Gasteiger partial charge in [-0.15, -0.1) is 0 Å². The number of nitrogens with two attached hydrogens (primary N) is 1. The lowest BCUT2D eigenvalue weighted by atomic mass is 10.1. The Labute approximate surface area is 98.5 Å². The van der Waals surface area contributed by atoms with E-state index < -0.39 is 0 Å². The number of rotatable bonds is 2. The lowest BCUT2D eigenvalue weighted by Crippen LogP contribution is -1.99. The molecule has 2 aromatic rings. The van der Waals surface area contributed by atoms with Gasteiger partial charge >= 0.3 is 0 Å². The Bertz CT molecular complexity index is 497. The predicted molar refractivity (Wildman–Crippen MR) is 65.0 cm³/mol. The van der Waals surface area contributed by atoms with Crippen LogP contribution in [0.15, 0.2) is 36.5 Å². The lowest BCUT2D eigenvalue weighted by molar-refractivity contribution is 0.282. The summed E-state index contributed by atoms with van der Waals surface area (Å²) < 4.78 is 0. The van der Waals surface area contributed by atoms with Gasteiger partial charge in [0.05, 0.1) is 12.3 Å². The van der Waals surface area contributed by atoms with Gasteiger partial charge in [-0.3, -0.25) is 4.98 Å². The number of hydrogen-bond acceptors (Lipinski definition) is 3. The first-order chi connectivity index (χ1) is 7.72. The van der Waals surface area contributed by atoms with Crippen LogP contribution in [-0.4, -0.2) is 10.1 Å². The highest BCUT2D eigenvalue weighted by Gasteiger charge is 2.08. The van der Waals surface area contributed by atoms with Crippen LogP contribution in [0.3, 0.4) is 0 Å². The second-order valence-corrected chi connectivity index (χ2v) is 3.83. The zero-order valence-electron chi connectivity index (χ0n) is 8.52. The fourth-order valence-electron chi connectivity index (χ4n) is 1.53. The Balaban J connectivity index is 2.55. The molecule has 1 heterocycles. The molecule has 4 heteroatoms. The largest absolute Gasteiger partial charge is 0.398 e. The topological polar surface area (TPSA) is 59.1 Å². The number of halogens is 1. The highest BCUT2D eigenvalue weighted by molar-refractivity contribution is 6.30. The zero-order valence-corrected chi connectivity index (χ0v) is 9.28. The molecule has 0 saturated carbocycles. The molecular formula is C12H11ClN2O. The zero-order chi connectivity index (χ0) is 11.5. The predicted octanol–water partition coefficient (Wildman–Crippen LogP) is 2.48. The molecule has 0 spiro atoms. The monoisotopic (exact) mass is 234 g/mol. The quantitative estimate of drug-likeness (QED) is 0.839. The molecule has 16 heavy (non-hydrogen) atoms. The standard InChI is InChI=1S/C12H11ClN2O/c13-9-3-1-8(2-4-9)12-10(7-16)11(14)5-6-15-12/h1-6,16H,7H2,(H2,14,15).